The second-order valence-corrected chi connectivity index (χ2v) is 9.44. The van der Waals surface area contributed by atoms with Gasteiger partial charge >= 0.3 is 0 Å². The Labute approximate surface area is 211 Å². The first kappa shape index (κ1) is 25.8. The molecule has 0 aromatic heterocycles. The van der Waals surface area contributed by atoms with Crippen molar-refractivity contribution in [3.8, 4) is 28.7 Å². The van der Waals surface area contributed by atoms with Crippen LogP contribution in [-0.4, -0.2) is 46.1 Å². The van der Waals surface area contributed by atoms with E-state index in [2.05, 4.69) is 40.7 Å². The van der Waals surface area contributed by atoms with Crippen molar-refractivity contribution in [3.63, 3.8) is 0 Å². The van der Waals surface area contributed by atoms with Crippen LogP contribution >= 0.6 is 28.3 Å². The Balaban J connectivity index is 0.00000306. The number of rotatable bonds is 8. The summed E-state index contributed by atoms with van der Waals surface area (Å²) in [6, 6.07) is 6.18. The van der Waals surface area contributed by atoms with Crippen LogP contribution in [-0.2, 0) is 12.8 Å². The topological polar surface area (TPSA) is 49.4 Å². The van der Waals surface area contributed by atoms with Crippen molar-refractivity contribution >= 4 is 28.3 Å². The zero-order valence-corrected chi connectivity index (χ0v) is 22.3. The standard InChI is InChI=1S/C25H32BrNO5.ClH/c1-15(2)9-11-27-12-10-17-20(23(30-5)25-24(21(17)26)31-14-32-25)18(27)13-16-7-6-8-19(28-3)22(16)29-4;/h6-8,15,18H,9-14H2,1-5H3;1H/t18-;/m1./s1. The third-order valence-electron chi connectivity index (χ3n) is 6.37. The number of fused-ring (bicyclic) bond motifs is 2. The lowest BCUT2D eigenvalue weighted by Gasteiger charge is -2.39. The SMILES string of the molecule is COc1cccc(C[C@@H]2c3c(c(Br)c4c(c3OC)OCO4)CCN2CCC(C)C)c1OC.Cl. The van der Waals surface area contributed by atoms with E-state index >= 15 is 0 Å². The summed E-state index contributed by atoms with van der Waals surface area (Å²) in [7, 11) is 5.08. The van der Waals surface area contributed by atoms with Crippen LogP contribution in [0.3, 0.4) is 0 Å². The predicted octanol–water partition coefficient (Wildman–Crippen LogP) is 5.81. The molecule has 2 aliphatic heterocycles. The van der Waals surface area contributed by atoms with E-state index in [0.717, 1.165) is 65.4 Å². The molecule has 6 nitrogen and oxygen atoms in total. The normalized spacial score (nSPS) is 16.9. The van der Waals surface area contributed by atoms with Crippen LogP contribution in [0.2, 0.25) is 0 Å². The first-order valence-corrected chi connectivity index (χ1v) is 11.9. The van der Waals surface area contributed by atoms with Crippen LogP contribution in [0.25, 0.3) is 0 Å². The van der Waals surface area contributed by atoms with Gasteiger partial charge in [0, 0.05) is 18.2 Å². The van der Waals surface area contributed by atoms with Crippen molar-refractivity contribution < 1.29 is 23.7 Å². The summed E-state index contributed by atoms with van der Waals surface area (Å²) in [6.07, 6.45) is 2.83. The molecule has 33 heavy (non-hydrogen) atoms. The molecule has 0 unspecified atom stereocenters. The summed E-state index contributed by atoms with van der Waals surface area (Å²) in [4.78, 5) is 2.57. The van der Waals surface area contributed by atoms with Crippen molar-refractivity contribution in [2.24, 2.45) is 5.92 Å². The summed E-state index contributed by atoms with van der Waals surface area (Å²) in [5.74, 6) is 4.37. The van der Waals surface area contributed by atoms with Gasteiger partial charge in [0.1, 0.15) is 0 Å². The molecule has 2 aromatic carbocycles. The fraction of sp³-hybridized carbons (Fsp3) is 0.520. The van der Waals surface area contributed by atoms with Crippen molar-refractivity contribution in [2.75, 3.05) is 41.2 Å². The fourth-order valence-electron chi connectivity index (χ4n) is 4.76. The zero-order valence-electron chi connectivity index (χ0n) is 19.9. The lowest BCUT2D eigenvalue weighted by atomic mass is 9.86. The Bertz CT molecular complexity index is 984. The Morgan fingerprint density at radius 3 is 2.45 bits per heavy atom. The summed E-state index contributed by atoms with van der Waals surface area (Å²) < 4.78 is 29.8. The van der Waals surface area contributed by atoms with Gasteiger partial charge < -0.3 is 23.7 Å². The number of ether oxygens (including phenoxy) is 5. The second-order valence-electron chi connectivity index (χ2n) is 8.65. The first-order valence-electron chi connectivity index (χ1n) is 11.1. The quantitative estimate of drug-likeness (QED) is 0.419. The molecule has 182 valence electrons. The number of hydrogen-bond acceptors (Lipinski definition) is 6. The van der Waals surface area contributed by atoms with Crippen LogP contribution in [0.4, 0.5) is 0 Å². The smallest absolute Gasteiger partial charge is 0.231 e. The van der Waals surface area contributed by atoms with Gasteiger partial charge in [-0.1, -0.05) is 26.0 Å². The van der Waals surface area contributed by atoms with Crippen molar-refractivity contribution in [3.05, 3.63) is 39.4 Å². The molecule has 0 bridgehead atoms. The molecule has 0 saturated heterocycles. The van der Waals surface area contributed by atoms with E-state index in [-0.39, 0.29) is 25.2 Å². The summed E-state index contributed by atoms with van der Waals surface area (Å²) >= 11 is 3.80. The molecule has 4 rings (SSSR count). The molecular weight excluding hydrogens is 510 g/mol. The number of para-hydroxylation sites is 1. The Kier molecular flexibility index (Phi) is 8.65. The fourth-order valence-corrected chi connectivity index (χ4v) is 5.47. The molecule has 1 atom stereocenters. The minimum atomic E-state index is 0. The highest BCUT2D eigenvalue weighted by atomic mass is 79.9. The van der Waals surface area contributed by atoms with Gasteiger partial charge in [-0.15, -0.1) is 12.4 Å². The molecule has 0 spiro atoms. The van der Waals surface area contributed by atoms with E-state index in [4.69, 9.17) is 23.7 Å². The molecule has 0 amide bonds. The lowest BCUT2D eigenvalue weighted by molar-refractivity contribution is 0.165. The molecular formula is C25H33BrClNO5. The second kappa shape index (κ2) is 11.1. The highest BCUT2D eigenvalue weighted by molar-refractivity contribution is 9.10. The minimum absolute atomic E-state index is 0. The number of halogens is 2. The molecule has 0 aliphatic carbocycles. The van der Waals surface area contributed by atoms with Crippen molar-refractivity contribution in [2.45, 2.75) is 39.2 Å². The average Bonchev–Trinajstić information content (AvgIpc) is 3.28. The van der Waals surface area contributed by atoms with Crippen LogP contribution in [0.15, 0.2) is 22.7 Å². The molecule has 2 aromatic rings. The zero-order chi connectivity index (χ0) is 22.8. The number of hydrogen-bond donors (Lipinski definition) is 0. The Hall–Kier alpha value is -1.83. The van der Waals surface area contributed by atoms with Gasteiger partial charge in [0.25, 0.3) is 0 Å². The Morgan fingerprint density at radius 2 is 1.79 bits per heavy atom. The largest absolute Gasteiger partial charge is 0.493 e. The minimum Gasteiger partial charge on any atom is -0.493 e. The number of nitrogens with zero attached hydrogens (tertiary/aromatic N) is 1. The van der Waals surface area contributed by atoms with Crippen LogP contribution in [0, 0.1) is 5.92 Å². The molecule has 8 heteroatoms. The summed E-state index contributed by atoms with van der Waals surface area (Å²) in [5.41, 5.74) is 3.51. The molecule has 0 fully saturated rings. The summed E-state index contributed by atoms with van der Waals surface area (Å²) in [5, 5.41) is 0. The van der Waals surface area contributed by atoms with Crippen LogP contribution < -0.4 is 23.7 Å². The summed E-state index contributed by atoms with van der Waals surface area (Å²) in [6.45, 7) is 6.74. The van der Waals surface area contributed by atoms with E-state index in [1.165, 1.54) is 11.1 Å². The lowest BCUT2D eigenvalue weighted by Crippen LogP contribution is -2.38. The maximum absolute atomic E-state index is 5.95. The number of benzene rings is 2. The van der Waals surface area contributed by atoms with E-state index in [9.17, 15) is 0 Å². The van der Waals surface area contributed by atoms with E-state index in [0.29, 0.717) is 11.7 Å². The highest BCUT2D eigenvalue weighted by Gasteiger charge is 2.38. The molecule has 2 aliphatic rings. The van der Waals surface area contributed by atoms with Gasteiger partial charge in [0.2, 0.25) is 12.5 Å². The van der Waals surface area contributed by atoms with E-state index < -0.39 is 0 Å². The van der Waals surface area contributed by atoms with Crippen LogP contribution in [0.5, 0.6) is 28.7 Å². The van der Waals surface area contributed by atoms with E-state index in [1.807, 2.05) is 12.1 Å². The highest BCUT2D eigenvalue weighted by Crippen LogP contribution is 2.55. The monoisotopic (exact) mass is 541 g/mol. The van der Waals surface area contributed by atoms with Crippen molar-refractivity contribution in [1.82, 2.24) is 4.90 Å². The maximum atomic E-state index is 5.95. The first-order chi connectivity index (χ1) is 15.5. The number of methoxy groups -OCH3 is 3. The van der Waals surface area contributed by atoms with E-state index in [1.54, 1.807) is 21.3 Å². The van der Waals surface area contributed by atoms with Gasteiger partial charge in [-0.05, 0) is 64.8 Å². The molecule has 0 saturated carbocycles. The van der Waals surface area contributed by atoms with Crippen LogP contribution in [0.1, 0.15) is 43.0 Å². The molecule has 0 N–H and O–H groups in total. The van der Waals surface area contributed by atoms with Gasteiger partial charge in [-0.2, -0.15) is 0 Å². The predicted molar refractivity (Wildman–Crippen MR) is 135 cm³/mol. The third kappa shape index (κ3) is 4.86. The van der Waals surface area contributed by atoms with Crippen molar-refractivity contribution in [1.29, 1.82) is 0 Å². The molecule has 2 heterocycles. The molecule has 0 radical (unpaired) electrons. The maximum Gasteiger partial charge on any atom is 0.231 e. The average molecular weight is 543 g/mol. The Morgan fingerprint density at radius 1 is 1.06 bits per heavy atom. The van der Waals surface area contributed by atoms with Gasteiger partial charge in [-0.25, -0.2) is 0 Å². The van der Waals surface area contributed by atoms with Gasteiger partial charge in [-0.3, -0.25) is 4.90 Å². The van der Waals surface area contributed by atoms with Gasteiger partial charge in [0.15, 0.2) is 23.0 Å². The van der Waals surface area contributed by atoms with Gasteiger partial charge in [0.05, 0.1) is 25.8 Å². The third-order valence-corrected chi connectivity index (χ3v) is 7.21.